The van der Waals surface area contributed by atoms with E-state index in [1.807, 2.05) is 18.0 Å². The zero-order chi connectivity index (χ0) is 12.8. The highest BCUT2D eigenvalue weighted by Gasteiger charge is 2.15. The second-order valence-electron chi connectivity index (χ2n) is 4.49. The zero-order valence-electron chi connectivity index (χ0n) is 10.8. The Morgan fingerprint density at radius 2 is 2.44 bits per heavy atom. The van der Waals surface area contributed by atoms with Crippen molar-refractivity contribution in [2.24, 2.45) is 5.73 Å². The van der Waals surface area contributed by atoms with Gasteiger partial charge in [-0.1, -0.05) is 0 Å². The molecule has 0 spiro atoms. The van der Waals surface area contributed by atoms with Crippen molar-refractivity contribution in [2.45, 2.75) is 18.9 Å². The van der Waals surface area contributed by atoms with Crippen LogP contribution in [0.25, 0.3) is 0 Å². The Hall–Kier alpha value is -1.40. The minimum Gasteiger partial charge on any atom is -0.376 e. The maximum Gasteiger partial charge on any atom is 0.133 e. The van der Waals surface area contributed by atoms with E-state index in [9.17, 15) is 0 Å². The number of nitrogens with one attached hydrogen (secondary N) is 1. The summed E-state index contributed by atoms with van der Waals surface area (Å²) in [6.45, 7) is 3.07. The summed E-state index contributed by atoms with van der Waals surface area (Å²) < 4.78 is 5.56. The van der Waals surface area contributed by atoms with Gasteiger partial charge < -0.3 is 20.7 Å². The molecular weight excluding hydrogens is 230 g/mol. The van der Waals surface area contributed by atoms with Crippen molar-refractivity contribution in [1.82, 2.24) is 9.97 Å². The molecule has 6 nitrogen and oxygen atoms in total. The molecule has 1 fully saturated rings. The van der Waals surface area contributed by atoms with Gasteiger partial charge in [0.2, 0.25) is 0 Å². The van der Waals surface area contributed by atoms with E-state index in [0.29, 0.717) is 12.6 Å². The second kappa shape index (κ2) is 6.51. The Kier molecular flexibility index (Phi) is 4.72. The lowest BCUT2D eigenvalue weighted by molar-refractivity contribution is 0.120. The van der Waals surface area contributed by atoms with E-state index in [-0.39, 0.29) is 0 Å². The van der Waals surface area contributed by atoms with Crippen LogP contribution in [0.5, 0.6) is 0 Å². The Labute approximate surface area is 108 Å². The number of nitrogens with two attached hydrogens (primary N) is 1. The van der Waals surface area contributed by atoms with Crippen molar-refractivity contribution in [2.75, 3.05) is 43.5 Å². The molecule has 0 aliphatic carbocycles. The van der Waals surface area contributed by atoms with E-state index in [0.717, 1.165) is 44.2 Å². The fourth-order valence-electron chi connectivity index (χ4n) is 1.98. The fraction of sp³-hybridized carbons (Fsp3) is 0.667. The fourth-order valence-corrected chi connectivity index (χ4v) is 1.98. The van der Waals surface area contributed by atoms with Gasteiger partial charge in [-0.3, -0.25) is 0 Å². The first-order valence-electron chi connectivity index (χ1n) is 6.38. The van der Waals surface area contributed by atoms with Crippen LogP contribution in [0, 0.1) is 0 Å². The predicted molar refractivity (Wildman–Crippen MR) is 71.8 cm³/mol. The van der Waals surface area contributed by atoms with Crippen LogP contribution in [-0.2, 0) is 4.74 Å². The molecule has 3 N–H and O–H groups in total. The van der Waals surface area contributed by atoms with Crippen LogP contribution in [0.2, 0.25) is 0 Å². The molecule has 2 heterocycles. The van der Waals surface area contributed by atoms with Gasteiger partial charge in [-0.05, 0) is 12.8 Å². The molecule has 1 atom stereocenters. The van der Waals surface area contributed by atoms with Crippen LogP contribution in [-0.4, -0.2) is 49.4 Å². The van der Waals surface area contributed by atoms with E-state index < -0.39 is 0 Å². The number of rotatable bonds is 6. The van der Waals surface area contributed by atoms with Crippen LogP contribution in [0.3, 0.4) is 0 Å². The minimum absolute atomic E-state index is 0.310. The average molecular weight is 251 g/mol. The lowest BCUT2D eigenvalue weighted by Crippen LogP contribution is -2.26. The summed E-state index contributed by atoms with van der Waals surface area (Å²) in [4.78, 5) is 10.4. The number of hydrogen-bond donors (Lipinski definition) is 2. The Balaban J connectivity index is 1.89. The lowest BCUT2D eigenvalue weighted by atomic mass is 10.2. The van der Waals surface area contributed by atoms with Crippen LogP contribution in [0.15, 0.2) is 12.4 Å². The van der Waals surface area contributed by atoms with Gasteiger partial charge >= 0.3 is 0 Å². The van der Waals surface area contributed by atoms with E-state index >= 15 is 0 Å². The highest BCUT2D eigenvalue weighted by atomic mass is 16.5. The van der Waals surface area contributed by atoms with Crippen molar-refractivity contribution in [3.63, 3.8) is 0 Å². The quantitative estimate of drug-likeness (QED) is 0.765. The van der Waals surface area contributed by atoms with Crippen LogP contribution < -0.4 is 16.0 Å². The first kappa shape index (κ1) is 13.0. The van der Waals surface area contributed by atoms with Gasteiger partial charge in [0.1, 0.15) is 18.0 Å². The highest BCUT2D eigenvalue weighted by Crippen LogP contribution is 2.15. The molecule has 1 saturated heterocycles. The molecule has 100 valence electrons. The summed E-state index contributed by atoms with van der Waals surface area (Å²) >= 11 is 0. The standard InChI is InChI=1S/C12H21N5O/c1-17(5-4-13)12-7-11(15-9-16-12)14-8-10-3-2-6-18-10/h7,9-10H,2-6,8,13H2,1H3,(H,14,15,16). The van der Waals surface area contributed by atoms with E-state index in [2.05, 4.69) is 15.3 Å². The van der Waals surface area contributed by atoms with Crippen molar-refractivity contribution < 1.29 is 4.74 Å². The second-order valence-corrected chi connectivity index (χ2v) is 4.49. The molecule has 0 amide bonds. The molecule has 0 aromatic carbocycles. The molecule has 1 aliphatic heterocycles. The molecule has 1 aromatic rings. The first-order chi connectivity index (χ1) is 8.79. The van der Waals surface area contributed by atoms with Crippen LogP contribution >= 0.6 is 0 Å². The summed E-state index contributed by atoms with van der Waals surface area (Å²) in [6, 6.07) is 1.94. The third-order valence-corrected chi connectivity index (χ3v) is 3.04. The van der Waals surface area contributed by atoms with Crippen LogP contribution in [0.4, 0.5) is 11.6 Å². The van der Waals surface area contributed by atoms with Gasteiger partial charge in [-0.15, -0.1) is 0 Å². The van der Waals surface area contributed by atoms with E-state index in [1.165, 1.54) is 0 Å². The number of likely N-dealkylation sites (N-methyl/N-ethyl adjacent to an activating group) is 1. The molecule has 0 saturated carbocycles. The monoisotopic (exact) mass is 251 g/mol. The average Bonchev–Trinajstić information content (AvgIpc) is 2.90. The minimum atomic E-state index is 0.310. The van der Waals surface area contributed by atoms with Crippen molar-refractivity contribution in [3.05, 3.63) is 12.4 Å². The van der Waals surface area contributed by atoms with E-state index in [1.54, 1.807) is 6.33 Å². The van der Waals surface area contributed by atoms with Crippen molar-refractivity contribution in [3.8, 4) is 0 Å². The summed E-state index contributed by atoms with van der Waals surface area (Å²) in [5.74, 6) is 1.71. The predicted octanol–water partition coefficient (Wildman–Crippen LogP) is 0.462. The number of aromatic nitrogens is 2. The topological polar surface area (TPSA) is 76.3 Å². The van der Waals surface area contributed by atoms with Crippen molar-refractivity contribution in [1.29, 1.82) is 0 Å². The largest absolute Gasteiger partial charge is 0.376 e. The number of nitrogens with zero attached hydrogens (tertiary/aromatic N) is 3. The molecule has 1 unspecified atom stereocenters. The third kappa shape index (κ3) is 3.54. The number of ether oxygens (including phenoxy) is 1. The molecular formula is C12H21N5O. The number of anilines is 2. The van der Waals surface area contributed by atoms with Gasteiger partial charge in [0.25, 0.3) is 0 Å². The van der Waals surface area contributed by atoms with Gasteiger partial charge in [-0.2, -0.15) is 0 Å². The van der Waals surface area contributed by atoms with Gasteiger partial charge in [-0.25, -0.2) is 9.97 Å². The van der Waals surface area contributed by atoms with Crippen molar-refractivity contribution >= 4 is 11.6 Å². The van der Waals surface area contributed by atoms with E-state index in [4.69, 9.17) is 10.5 Å². The zero-order valence-corrected chi connectivity index (χ0v) is 10.8. The molecule has 18 heavy (non-hydrogen) atoms. The smallest absolute Gasteiger partial charge is 0.133 e. The molecule has 1 aromatic heterocycles. The lowest BCUT2D eigenvalue weighted by Gasteiger charge is -2.18. The summed E-state index contributed by atoms with van der Waals surface area (Å²) in [6.07, 6.45) is 4.16. The molecule has 0 bridgehead atoms. The summed E-state index contributed by atoms with van der Waals surface area (Å²) in [7, 11) is 1.97. The Morgan fingerprint density at radius 3 is 3.17 bits per heavy atom. The number of hydrogen-bond acceptors (Lipinski definition) is 6. The Morgan fingerprint density at radius 1 is 1.56 bits per heavy atom. The molecule has 6 heteroatoms. The maximum absolute atomic E-state index is 5.56. The Bertz CT molecular complexity index is 367. The van der Waals surface area contributed by atoms with Gasteiger partial charge in [0.05, 0.1) is 6.10 Å². The first-order valence-corrected chi connectivity index (χ1v) is 6.38. The molecule has 1 aliphatic rings. The van der Waals surface area contributed by atoms with Crippen LogP contribution in [0.1, 0.15) is 12.8 Å². The maximum atomic E-state index is 5.56. The third-order valence-electron chi connectivity index (χ3n) is 3.04. The molecule has 2 rings (SSSR count). The highest BCUT2D eigenvalue weighted by molar-refractivity contribution is 5.47. The molecule has 0 radical (unpaired) electrons. The normalized spacial score (nSPS) is 18.9. The summed E-state index contributed by atoms with van der Waals surface area (Å²) in [5.41, 5.74) is 5.53. The SMILES string of the molecule is CN(CCN)c1cc(NCC2CCCO2)ncn1. The summed E-state index contributed by atoms with van der Waals surface area (Å²) in [5, 5.41) is 3.29. The van der Waals surface area contributed by atoms with Gasteiger partial charge in [0, 0.05) is 39.4 Å². The van der Waals surface area contributed by atoms with Gasteiger partial charge in [0.15, 0.2) is 0 Å².